The molecule has 4 saturated heterocycles. The van der Waals surface area contributed by atoms with E-state index in [0.29, 0.717) is 33.9 Å². The van der Waals surface area contributed by atoms with Crippen LogP contribution in [0.1, 0.15) is 40.9 Å². The summed E-state index contributed by atoms with van der Waals surface area (Å²) in [6.07, 6.45) is 0.816. The van der Waals surface area contributed by atoms with Gasteiger partial charge in [-0.25, -0.2) is 9.78 Å². The van der Waals surface area contributed by atoms with Crippen LogP contribution in [0.25, 0.3) is 16.7 Å². The lowest BCUT2D eigenvalue weighted by Gasteiger charge is -2.55. The quantitative estimate of drug-likeness (QED) is 0.129. The number of β-lactam (4-membered cyclic amide) rings is 1. The predicted molar refractivity (Wildman–Crippen MR) is 174 cm³/mol. The summed E-state index contributed by atoms with van der Waals surface area (Å²) in [6.45, 7) is 10.5. The number of carbonyl (C=O) groups excluding carboxylic acids is 3. The third-order valence-corrected chi connectivity index (χ3v) is 12.1. The smallest absolute Gasteiger partial charge is 0.352 e. The predicted octanol–water partition coefficient (Wildman–Crippen LogP) is -3.18. The summed E-state index contributed by atoms with van der Waals surface area (Å²) in [5, 5.41) is 25.8. The van der Waals surface area contributed by atoms with Crippen molar-refractivity contribution in [2.75, 3.05) is 51.1 Å². The number of carboxylic acids is 1. The first-order chi connectivity index (χ1) is 22.5. The molecule has 0 radical (unpaired) electrons. The standard InChI is InChI=1S/C35H35N5O6S.2ClH/c1-19-28(31(34(45)46)38-30(19)29(20(2)41)33(38)44)22-4-6-24-25(16-22)23-5-3-21(15-26(23)32(24)43)17-39-8-11-40(12-9-39,13-10-39)18-27(42)37-35-36-7-14-47-35;;/h3-7,14-16,19-20,29-30,41H,8-13,17-18H2,1-2H3;2*1H/t19-,20+,29+,30+,39?,40?;;/m0../s1. The molecule has 9 rings (SSSR count). The molecule has 3 aromatic rings. The number of hydrogen-bond acceptors (Lipinski definition) is 7. The normalized spacial score (nSPS) is 28.1. The van der Waals surface area contributed by atoms with Crippen molar-refractivity contribution in [2.45, 2.75) is 32.5 Å². The van der Waals surface area contributed by atoms with Crippen molar-refractivity contribution < 1.29 is 63.2 Å². The summed E-state index contributed by atoms with van der Waals surface area (Å²) in [5.41, 5.74) is 5.15. The highest BCUT2D eigenvalue weighted by molar-refractivity contribution is 7.13. The maximum atomic E-state index is 13.7. The SMILES string of the molecule is C[C@@H](O)[C@H]1C(=O)N2C(C(=O)O)=C(c3ccc4c(c3)-c3ccc(C[N+]56CC[N+](CC(=O)Nc7nccs7)(CC5)CC6)cc3C4=O)[C@H](C)[C@H]12.[Cl-].[Cl-]. The van der Waals surface area contributed by atoms with E-state index in [1.165, 1.54) is 16.2 Å². The van der Waals surface area contributed by atoms with Crippen LogP contribution in [-0.4, -0.2) is 111 Å². The average Bonchev–Trinajstić information content (AvgIpc) is 3.72. The van der Waals surface area contributed by atoms with E-state index in [1.807, 2.05) is 30.5 Å². The number of thiazole rings is 1. The topological polar surface area (TPSA) is 137 Å². The number of ketones is 1. The number of hydrogen-bond donors (Lipinski definition) is 3. The number of aliphatic hydroxyl groups excluding tert-OH is 1. The first-order valence-electron chi connectivity index (χ1n) is 16.2. The van der Waals surface area contributed by atoms with Crippen molar-refractivity contribution in [1.82, 2.24) is 9.88 Å². The molecule has 6 heterocycles. The summed E-state index contributed by atoms with van der Waals surface area (Å²) in [5.74, 6) is -2.49. The molecule has 1 aromatic heterocycles. The second-order valence-electron chi connectivity index (χ2n) is 14.0. The number of fused-ring (bicyclic) bond motifs is 7. The minimum Gasteiger partial charge on any atom is -1.00 e. The molecule has 14 heteroatoms. The molecular weight excluding hydrogens is 689 g/mol. The molecule has 0 saturated carbocycles. The Bertz CT molecular complexity index is 1890. The summed E-state index contributed by atoms with van der Waals surface area (Å²) in [7, 11) is 0. The monoisotopic (exact) mass is 725 g/mol. The molecule has 2 aromatic carbocycles. The van der Waals surface area contributed by atoms with E-state index in [9.17, 15) is 29.4 Å². The fraction of sp³-hybridized carbons (Fsp3) is 0.400. The van der Waals surface area contributed by atoms with Gasteiger partial charge >= 0.3 is 5.97 Å². The van der Waals surface area contributed by atoms with Crippen molar-refractivity contribution in [3.05, 3.63) is 75.9 Å². The maximum Gasteiger partial charge on any atom is 0.352 e. The number of rotatable bonds is 8. The number of aliphatic carboxylic acids is 1. The number of quaternary nitrogens is 2. The summed E-state index contributed by atoms with van der Waals surface area (Å²) in [4.78, 5) is 57.2. The second kappa shape index (κ2) is 12.6. The Morgan fingerprint density at radius 2 is 1.65 bits per heavy atom. The Balaban J connectivity index is 0.00000208. The first-order valence-corrected chi connectivity index (χ1v) is 17.1. The fourth-order valence-electron chi connectivity index (χ4n) is 8.90. The average molecular weight is 727 g/mol. The number of aromatic nitrogens is 1. The third-order valence-electron chi connectivity index (χ3n) is 11.4. The van der Waals surface area contributed by atoms with Crippen LogP contribution in [0, 0.1) is 11.8 Å². The number of piperazine rings is 3. The minimum atomic E-state index is -1.17. The zero-order valence-corrected chi connectivity index (χ0v) is 29.4. The molecule has 4 atom stereocenters. The number of amides is 2. The molecule has 2 bridgehead atoms. The van der Waals surface area contributed by atoms with Gasteiger partial charge in [-0.3, -0.25) is 19.7 Å². The van der Waals surface area contributed by atoms with Crippen molar-refractivity contribution >= 4 is 45.6 Å². The molecule has 3 N–H and O–H groups in total. The fourth-order valence-corrected chi connectivity index (χ4v) is 9.44. The van der Waals surface area contributed by atoms with Gasteiger partial charge in [-0.2, -0.15) is 0 Å². The number of carboxylic acid groups (broad SMARTS) is 1. The molecule has 4 fully saturated rings. The Kier molecular flexibility index (Phi) is 9.04. The van der Waals surface area contributed by atoms with Crippen LogP contribution in [0.2, 0.25) is 0 Å². The number of halogens is 2. The highest BCUT2D eigenvalue weighted by Gasteiger charge is 2.60. The highest BCUT2D eigenvalue weighted by Crippen LogP contribution is 2.51. The Labute approximate surface area is 300 Å². The van der Waals surface area contributed by atoms with Crippen LogP contribution >= 0.6 is 11.3 Å². The van der Waals surface area contributed by atoms with Gasteiger partial charge in [0.1, 0.15) is 51.5 Å². The molecule has 0 unspecified atom stereocenters. The zero-order valence-electron chi connectivity index (χ0n) is 27.1. The number of nitrogens with zero attached hydrogens (tertiary/aromatic N) is 4. The van der Waals surface area contributed by atoms with E-state index in [2.05, 4.69) is 16.4 Å². The number of benzene rings is 2. The van der Waals surface area contributed by atoms with Crippen LogP contribution < -0.4 is 30.1 Å². The van der Waals surface area contributed by atoms with Crippen LogP contribution in [-0.2, 0) is 20.9 Å². The number of nitrogens with one attached hydrogen (secondary N) is 1. The molecule has 6 aliphatic rings. The van der Waals surface area contributed by atoms with E-state index in [1.54, 1.807) is 25.3 Å². The van der Waals surface area contributed by atoms with Crippen LogP contribution in [0.15, 0.2) is 53.7 Å². The van der Waals surface area contributed by atoms with Gasteiger partial charge in [0, 0.05) is 34.2 Å². The van der Waals surface area contributed by atoms with E-state index in [0.717, 1.165) is 71.5 Å². The molecule has 0 spiro atoms. The molecule has 49 heavy (non-hydrogen) atoms. The number of aliphatic hydroxyl groups is 1. The Morgan fingerprint density at radius 3 is 2.29 bits per heavy atom. The molecule has 11 nitrogen and oxygen atoms in total. The van der Waals surface area contributed by atoms with Gasteiger partial charge in [0.25, 0.3) is 5.91 Å². The van der Waals surface area contributed by atoms with Crippen LogP contribution in [0.3, 0.4) is 0 Å². The summed E-state index contributed by atoms with van der Waals surface area (Å²) < 4.78 is 1.76. The minimum absolute atomic E-state index is 0. The molecular formula is C35H37Cl2N5O6S. The van der Waals surface area contributed by atoms with Crippen molar-refractivity contribution in [2.24, 2.45) is 11.8 Å². The van der Waals surface area contributed by atoms with Gasteiger partial charge in [0.05, 0.1) is 18.1 Å². The number of carbonyl (C=O) groups is 4. The van der Waals surface area contributed by atoms with Crippen molar-refractivity contribution in [3.63, 3.8) is 0 Å². The lowest BCUT2D eigenvalue weighted by atomic mass is 9.76. The first kappa shape index (κ1) is 35.2. The second-order valence-corrected chi connectivity index (χ2v) is 14.9. The van der Waals surface area contributed by atoms with Crippen molar-refractivity contribution in [1.29, 1.82) is 0 Å². The summed E-state index contributed by atoms with van der Waals surface area (Å²) in [6, 6.07) is 11.2. The number of anilines is 1. The molecule has 1 aliphatic carbocycles. The van der Waals surface area contributed by atoms with Gasteiger partial charge in [-0.15, -0.1) is 11.3 Å². The van der Waals surface area contributed by atoms with Crippen LogP contribution in [0.4, 0.5) is 5.13 Å². The maximum absolute atomic E-state index is 13.7. The van der Waals surface area contributed by atoms with Gasteiger partial charge in [0.2, 0.25) is 5.91 Å². The molecule has 258 valence electrons. The van der Waals surface area contributed by atoms with Gasteiger partial charge in [-0.05, 0) is 47.4 Å². The van der Waals surface area contributed by atoms with Gasteiger partial charge in [0.15, 0.2) is 17.5 Å². The van der Waals surface area contributed by atoms with E-state index in [-0.39, 0.29) is 54.0 Å². The van der Waals surface area contributed by atoms with Crippen LogP contribution in [0.5, 0.6) is 0 Å². The Hall–Kier alpha value is -3.65. The lowest BCUT2D eigenvalue weighted by molar-refractivity contribution is -1.08. The highest BCUT2D eigenvalue weighted by atomic mass is 35.5. The van der Waals surface area contributed by atoms with Crippen molar-refractivity contribution in [3.8, 4) is 11.1 Å². The van der Waals surface area contributed by atoms with E-state index < -0.39 is 24.0 Å². The third kappa shape index (κ3) is 5.49. The van der Waals surface area contributed by atoms with E-state index in [4.69, 9.17) is 0 Å². The van der Waals surface area contributed by atoms with Gasteiger partial charge < -0.3 is 48.9 Å². The Morgan fingerprint density at radius 1 is 0.980 bits per heavy atom. The van der Waals surface area contributed by atoms with E-state index >= 15 is 0 Å². The molecule has 5 aliphatic heterocycles. The summed E-state index contributed by atoms with van der Waals surface area (Å²) >= 11 is 1.42. The molecule has 2 amide bonds. The largest absolute Gasteiger partial charge is 1.00 e. The van der Waals surface area contributed by atoms with Gasteiger partial charge in [-0.1, -0.05) is 25.1 Å². The zero-order chi connectivity index (χ0) is 32.8. The lowest BCUT2D eigenvalue weighted by Crippen LogP contribution is -3.00.